The highest BCUT2D eigenvalue weighted by Crippen LogP contribution is 2.22. The molecule has 0 bridgehead atoms. The molecule has 3 aromatic rings. The third kappa shape index (κ3) is 3.62. The Hall–Kier alpha value is -2.91. The van der Waals surface area contributed by atoms with E-state index in [2.05, 4.69) is 10.3 Å². The molecule has 25 heavy (non-hydrogen) atoms. The highest BCUT2D eigenvalue weighted by Gasteiger charge is 2.17. The summed E-state index contributed by atoms with van der Waals surface area (Å²) in [6.07, 6.45) is 3.65. The number of nitrogens with one attached hydrogen (secondary N) is 1. The Labute approximate surface area is 144 Å². The molecule has 0 fully saturated rings. The van der Waals surface area contributed by atoms with Crippen molar-refractivity contribution in [3.05, 3.63) is 60.0 Å². The second kappa shape index (κ2) is 6.54. The molecule has 0 spiro atoms. The van der Waals surface area contributed by atoms with Crippen LogP contribution in [0.15, 0.2) is 53.7 Å². The van der Waals surface area contributed by atoms with Gasteiger partial charge in [-0.15, -0.1) is 0 Å². The molecule has 0 saturated heterocycles. The number of benzene rings is 1. The molecule has 0 radical (unpaired) electrons. The molecule has 3 N–H and O–H groups in total. The minimum Gasteiger partial charge on any atom is -0.496 e. The molecule has 0 saturated carbocycles. The molecular weight excluding hydrogens is 344 g/mol. The molecule has 8 nitrogen and oxygen atoms in total. The SMILES string of the molecule is COc1ccc(S(N)(=O)=O)cc1C(=O)NCc1cn2ccccc2n1. The number of hydrogen-bond donors (Lipinski definition) is 2. The number of aromatic nitrogens is 2. The van der Waals surface area contributed by atoms with Gasteiger partial charge in [-0.05, 0) is 30.3 Å². The van der Waals surface area contributed by atoms with Gasteiger partial charge in [0.2, 0.25) is 10.0 Å². The first-order valence-corrected chi connectivity index (χ1v) is 8.85. The second-order valence-corrected chi connectivity index (χ2v) is 6.85. The van der Waals surface area contributed by atoms with Gasteiger partial charge in [0.15, 0.2) is 0 Å². The van der Waals surface area contributed by atoms with Crippen molar-refractivity contribution >= 4 is 21.6 Å². The summed E-state index contributed by atoms with van der Waals surface area (Å²) in [5, 5.41) is 7.81. The maximum atomic E-state index is 12.4. The summed E-state index contributed by atoms with van der Waals surface area (Å²) in [7, 11) is -2.53. The van der Waals surface area contributed by atoms with E-state index < -0.39 is 15.9 Å². The van der Waals surface area contributed by atoms with Crippen LogP contribution in [0.25, 0.3) is 5.65 Å². The molecule has 3 rings (SSSR count). The highest BCUT2D eigenvalue weighted by atomic mass is 32.2. The van der Waals surface area contributed by atoms with Crippen LogP contribution in [-0.2, 0) is 16.6 Å². The predicted octanol–water partition coefficient (Wildman–Crippen LogP) is 0.920. The van der Waals surface area contributed by atoms with E-state index in [0.717, 1.165) is 5.65 Å². The normalized spacial score (nSPS) is 11.4. The van der Waals surface area contributed by atoms with Crippen LogP contribution in [0.4, 0.5) is 0 Å². The molecule has 9 heteroatoms. The summed E-state index contributed by atoms with van der Waals surface area (Å²) in [6.45, 7) is 0.184. The molecule has 0 aliphatic rings. The van der Waals surface area contributed by atoms with E-state index >= 15 is 0 Å². The van der Waals surface area contributed by atoms with Crippen LogP contribution in [0.2, 0.25) is 0 Å². The van der Waals surface area contributed by atoms with Gasteiger partial charge in [-0.25, -0.2) is 18.5 Å². The summed E-state index contributed by atoms with van der Waals surface area (Å²) in [5.74, 6) is -0.237. The monoisotopic (exact) mass is 360 g/mol. The van der Waals surface area contributed by atoms with Gasteiger partial charge in [0.1, 0.15) is 11.4 Å². The first kappa shape index (κ1) is 16.9. The standard InChI is InChI=1S/C16H16N4O4S/c1-24-14-6-5-12(25(17,22)23)8-13(14)16(21)18-9-11-10-20-7-3-2-4-15(20)19-11/h2-8,10H,9H2,1H3,(H,18,21)(H2,17,22,23). The number of fused-ring (bicyclic) bond motifs is 1. The van der Waals surface area contributed by atoms with Crippen LogP contribution in [0.1, 0.15) is 16.1 Å². The van der Waals surface area contributed by atoms with Crippen LogP contribution in [0, 0.1) is 0 Å². The Kier molecular flexibility index (Phi) is 4.43. The maximum Gasteiger partial charge on any atom is 0.255 e. The number of carbonyl (C=O) groups excluding carboxylic acids is 1. The van der Waals surface area contributed by atoms with Crippen molar-refractivity contribution in [1.29, 1.82) is 0 Å². The van der Waals surface area contributed by atoms with Crippen LogP contribution in [0.5, 0.6) is 5.75 Å². The molecule has 0 atom stereocenters. The Morgan fingerprint density at radius 1 is 1.32 bits per heavy atom. The van der Waals surface area contributed by atoms with Crippen molar-refractivity contribution < 1.29 is 17.9 Å². The third-order valence-corrected chi connectivity index (χ3v) is 4.50. The molecule has 1 aromatic carbocycles. The topological polar surface area (TPSA) is 116 Å². The van der Waals surface area contributed by atoms with E-state index in [1.807, 2.05) is 28.8 Å². The summed E-state index contributed by atoms with van der Waals surface area (Å²) in [6, 6.07) is 9.46. The lowest BCUT2D eigenvalue weighted by molar-refractivity contribution is 0.0947. The first-order chi connectivity index (χ1) is 11.9. The lowest BCUT2D eigenvalue weighted by atomic mass is 10.2. The Morgan fingerprint density at radius 2 is 2.12 bits per heavy atom. The van der Waals surface area contributed by atoms with E-state index in [1.165, 1.54) is 25.3 Å². The van der Waals surface area contributed by atoms with Crippen molar-refractivity contribution in [1.82, 2.24) is 14.7 Å². The average Bonchev–Trinajstić information content (AvgIpc) is 3.01. The number of methoxy groups -OCH3 is 1. The number of hydrogen-bond acceptors (Lipinski definition) is 5. The number of pyridine rings is 1. The number of sulfonamides is 1. The zero-order valence-corrected chi connectivity index (χ0v) is 14.2. The van der Waals surface area contributed by atoms with Crippen LogP contribution >= 0.6 is 0 Å². The number of nitrogens with two attached hydrogens (primary N) is 1. The zero-order valence-electron chi connectivity index (χ0n) is 13.3. The second-order valence-electron chi connectivity index (χ2n) is 5.29. The average molecular weight is 360 g/mol. The molecule has 0 aliphatic heterocycles. The fourth-order valence-corrected chi connectivity index (χ4v) is 2.92. The highest BCUT2D eigenvalue weighted by molar-refractivity contribution is 7.89. The number of amides is 1. The van der Waals surface area contributed by atoms with Gasteiger partial charge < -0.3 is 14.5 Å². The summed E-state index contributed by atoms with van der Waals surface area (Å²) in [4.78, 5) is 16.6. The van der Waals surface area contributed by atoms with Gasteiger partial charge in [0.25, 0.3) is 5.91 Å². The van der Waals surface area contributed by atoms with Gasteiger partial charge in [-0.1, -0.05) is 6.07 Å². The summed E-state index contributed by atoms with van der Waals surface area (Å²) < 4.78 is 29.9. The molecular formula is C16H16N4O4S. The summed E-state index contributed by atoms with van der Waals surface area (Å²) in [5.41, 5.74) is 1.51. The van der Waals surface area contributed by atoms with Crippen molar-refractivity contribution in [2.75, 3.05) is 7.11 Å². The van der Waals surface area contributed by atoms with Crippen molar-refractivity contribution in [2.45, 2.75) is 11.4 Å². The minimum absolute atomic E-state index is 0.0813. The Morgan fingerprint density at radius 3 is 2.80 bits per heavy atom. The minimum atomic E-state index is -3.92. The summed E-state index contributed by atoms with van der Waals surface area (Å²) >= 11 is 0. The Bertz CT molecular complexity index is 1010. The number of rotatable bonds is 5. The smallest absolute Gasteiger partial charge is 0.255 e. The number of primary sulfonamides is 1. The van der Waals surface area contributed by atoms with E-state index in [4.69, 9.17) is 9.88 Å². The first-order valence-electron chi connectivity index (χ1n) is 7.30. The largest absolute Gasteiger partial charge is 0.496 e. The maximum absolute atomic E-state index is 12.4. The lowest BCUT2D eigenvalue weighted by Crippen LogP contribution is -2.24. The van der Waals surface area contributed by atoms with Crippen molar-refractivity contribution in [2.24, 2.45) is 5.14 Å². The number of carbonyl (C=O) groups is 1. The van der Waals surface area contributed by atoms with Crippen molar-refractivity contribution in [3.8, 4) is 5.75 Å². The predicted molar refractivity (Wildman–Crippen MR) is 90.7 cm³/mol. The number of nitrogens with zero attached hydrogens (tertiary/aromatic N) is 2. The number of ether oxygens (including phenoxy) is 1. The van der Waals surface area contributed by atoms with E-state index in [9.17, 15) is 13.2 Å². The molecule has 1 amide bonds. The van der Waals surface area contributed by atoms with Gasteiger partial charge in [0.05, 0.1) is 29.8 Å². The van der Waals surface area contributed by atoms with Crippen molar-refractivity contribution in [3.63, 3.8) is 0 Å². The quantitative estimate of drug-likeness (QED) is 0.702. The van der Waals surface area contributed by atoms with Crippen LogP contribution in [-0.4, -0.2) is 30.8 Å². The van der Waals surface area contributed by atoms with E-state index in [0.29, 0.717) is 5.69 Å². The lowest BCUT2D eigenvalue weighted by Gasteiger charge is -2.10. The van der Waals surface area contributed by atoms with Gasteiger partial charge in [-0.2, -0.15) is 0 Å². The molecule has 2 aromatic heterocycles. The zero-order chi connectivity index (χ0) is 18.0. The molecule has 130 valence electrons. The fraction of sp³-hybridized carbons (Fsp3) is 0.125. The van der Waals surface area contributed by atoms with Crippen LogP contribution in [0.3, 0.4) is 0 Å². The molecule has 2 heterocycles. The van der Waals surface area contributed by atoms with E-state index in [1.54, 1.807) is 6.20 Å². The van der Waals surface area contributed by atoms with Gasteiger partial charge in [0, 0.05) is 12.4 Å². The molecule has 0 unspecified atom stereocenters. The molecule has 0 aliphatic carbocycles. The Balaban J connectivity index is 1.82. The third-order valence-electron chi connectivity index (χ3n) is 3.59. The fourth-order valence-electron chi connectivity index (χ4n) is 2.38. The van der Waals surface area contributed by atoms with Gasteiger partial charge >= 0.3 is 0 Å². The van der Waals surface area contributed by atoms with E-state index in [-0.39, 0.29) is 22.8 Å². The van der Waals surface area contributed by atoms with Crippen LogP contribution < -0.4 is 15.2 Å². The van der Waals surface area contributed by atoms with Gasteiger partial charge in [-0.3, -0.25) is 4.79 Å². The number of imidazole rings is 1.